The average Bonchev–Trinajstić information content (AvgIpc) is 2.88. The Morgan fingerprint density at radius 3 is 2.71 bits per heavy atom. The molecule has 7 heteroatoms. The molecule has 1 amide bonds. The molecule has 0 saturated heterocycles. The highest BCUT2D eigenvalue weighted by molar-refractivity contribution is 7.93. The van der Waals surface area contributed by atoms with E-state index in [1.807, 2.05) is 10.1 Å². The van der Waals surface area contributed by atoms with Crippen LogP contribution in [0.15, 0.2) is 40.4 Å². The highest BCUT2D eigenvalue weighted by Crippen LogP contribution is 2.15. The lowest BCUT2D eigenvalue weighted by Crippen LogP contribution is -2.29. The van der Waals surface area contributed by atoms with Crippen molar-refractivity contribution in [1.82, 2.24) is 4.72 Å². The Labute approximate surface area is 132 Å². The van der Waals surface area contributed by atoms with Crippen molar-refractivity contribution in [3.05, 3.63) is 62.1 Å². The predicted molar refractivity (Wildman–Crippen MR) is 85.9 cm³/mol. The van der Waals surface area contributed by atoms with Gasteiger partial charge in [0.25, 0.3) is 15.9 Å². The van der Waals surface area contributed by atoms with E-state index in [1.54, 1.807) is 24.4 Å². The van der Waals surface area contributed by atoms with Gasteiger partial charge in [0.1, 0.15) is 0 Å². The average molecular weight is 342 g/mol. The van der Waals surface area contributed by atoms with Crippen LogP contribution in [0.25, 0.3) is 6.08 Å². The van der Waals surface area contributed by atoms with Crippen LogP contribution in [0, 0.1) is 6.92 Å². The first-order valence-corrected chi connectivity index (χ1v) is 8.78. The van der Waals surface area contributed by atoms with Gasteiger partial charge in [-0.3, -0.25) is 4.79 Å². The number of thiophene rings is 1. The Balaban J connectivity index is 2.14. The number of benzene rings is 1. The quantitative estimate of drug-likeness (QED) is 0.926. The van der Waals surface area contributed by atoms with Gasteiger partial charge in [-0.1, -0.05) is 11.6 Å². The second-order valence-corrected chi connectivity index (χ2v) is 7.08. The molecule has 0 aliphatic heterocycles. The third-order valence-corrected chi connectivity index (χ3v) is 4.55. The number of carbonyl (C=O) groups excluding carboxylic acids is 1. The lowest BCUT2D eigenvalue weighted by atomic mass is 10.1. The second kappa shape index (κ2) is 6.43. The smallest absolute Gasteiger partial charge is 0.265 e. The number of hydrogen-bond donors (Lipinski definition) is 1. The van der Waals surface area contributed by atoms with Crippen LogP contribution in [0.3, 0.4) is 0 Å². The molecule has 2 aromatic rings. The van der Waals surface area contributed by atoms with Gasteiger partial charge < -0.3 is 0 Å². The highest BCUT2D eigenvalue weighted by atomic mass is 35.5. The first kappa shape index (κ1) is 15.8. The number of amides is 1. The minimum absolute atomic E-state index is 0.270. The standard InChI is InChI=1S/C14H12ClNO3S2/c1-10-8-12(15)2-3-13(10)14(17)16-21(18,19)7-5-11-4-6-20-9-11/h2-9H,1H3,(H,16,17). The Hall–Kier alpha value is -1.63. The number of sulfonamides is 1. The molecule has 0 saturated carbocycles. The van der Waals surface area contributed by atoms with E-state index in [4.69, 9.17) is 11.6 Å². The van der Waals surface area contributed by atoms with Gasteiger partial charge in [-0.25, -0.2) is 13.1 Å². The van der Waals surface area contributed by atoms with Crippen molar-refractivity contribution in [3.63, 3.8) is 0 Å². The van der Waals surface area contributed by atoms with E-state index in [9.17, 15) is 13.2 Å². The van der Waals surface area contributed by atoms with Gasteiger partial charge in [0.15, 0.2) is 0 Å². The van der Waals surface area contributed by atoms with Crippen molar-refractivity contribution < 1.29 is 13.2 Å². The van der Waals surface area contributed by atoms with Gasteiger partial charge in [0, 0.05) is 10.6 Å². The summed E-state index contributed by atoms with van der Waals surface area (Å²) in [4.78, 5) is 12.0. The summed E-state index contributed by atoms with van der Waals surface area (Å²) in [5, 5.41) is 5.10. The third kappa shape index (κ3) is 4.42. The van der Waals surface area contributed by atoms with Gasteiger partial charge in [-0.15, -0.1) is 0 Å². The third-order valence-electron chi connectivity index (χ3n) is 2.65. The van der Waals surface area contributed by atoms with Crippen molar-refractivity contribution >= 4 is 44.9 Å². The number of halogens is 1. The molecule has 0 atom stereocenters. The fourth-order valence-electron chi connectivity index (χ4n) is 1.64. The minimum Gasteiger partial charge on any atom is -0.268 e. The lowest BCUT2D eigenvalue weighted by Gasteiger charge is -2.06. The number of carbonyl (C=O) groups is 1. The maximum absolute atomic E-state index is 12.0. The van der Waals surface area contributed by atoms with Gasteiger partial charge >= 0.3 is 0 Å². The van der Waals surface area contributed by atoms with Crippen molar-refractivity contribution in [2.45, 2.75) is 6.92 Å². The lowest BCUT2D eigenvalue weighted by molar-refractivity contribution is 0.0981. The minimum atomic E-state index is -3.84. The molecule has 0 aliphatic carbocycles. The van der Waals surface area contributed by atoms with E-state index in [2.05, 4.69) is 0 Å². The summed E-state index contributed by atoms with van der Waals surface area (Å²) in [6.45, 7) is 1.69. The van der Waals surface area contributed by atoms with Crippen LogP contribution < -0.4 is 4.72 Å². The normalized spacial score (nSPS) is 11.7. The zero-order chi connectivity index (χ0) is 15.5. The van der Waals surface area contributed by atoms with Crippen LogP contribution in [0.1, 0.15) is 21.5 Å². The molecule has 21 heavy (non-hydrogen) atoms. The van der Waals surface area contributed by atoms with Crippen molar-refractivity contribution in [2.24, 2.45) is 0 Å². The molecule has 0 unspecified atom stereocenters. The molecule has 1 aromatic heterocycles. The van der Waals surface area contributed by atoms with E-state index in [0.717, 1.165) is 11.0 Å². The molecule has 0 spiro atoms. The fourth-order valence-corrected chi connectivity index (χ4v) is 3.27. The summed E-state index contributed by atoms with van der Waals surface area (Å²) in [5.74, 6) is -0.681. The maximum Gasteiger partial charge on any atom is 0.265 e. The number of hydrogen-bond acceptors (Lipinski definition) is 4. The Bertz CT molecular complexity index is 781. The van der Waals surface area contributed by atoms with E-state index >= 15 is 0 Å². The summed E-state index contributed by atoms with van der Waals surface area (Å²) in [6, 6.07) is 6.41. The van der Waals surface area contributed by atoms with Crippen LogP contribution in [0.5, 0.6) is 0 Å². The molecule has 0 aliphatic rings. The zero-order valence-corrected chi connectivity index (χ0v) is 13.4. The largest absolute Gasteiger partial charge is 0.268 e. The SMILES string of the molecule is Cc1cc(Cl)ccc1C(=O)NS(=O)(=O)C=Cc1ccsc1. The molecule has 110 valence electrons. The van der Waals surface area contributed by atoms with Crippen molar-refractivity contribution in [2.75, 3.05) is 0 Å². The molecule has 1 heterocycles. The van der Waals surface area contributed by atoms with Crippen LogP contribution in [0.4, 0.5) is 0 Å². The topological polar surface area (TPSA) is 63.2 Å². The summed E-state index contributed by atoms with van der Waals surface area (Å²) in [7, 11) is -3.84. The first-order chi connectivity index (χ1) is 9.87. The van der Waals surface area contributed by atoms with E-state index in [0.29, 0.717) is 10.6 Å². The Morgan fingerprint density at radius 2 is 2.10 bits per heavy atom. The van der Waals surface area contributed by atoms with Crippen molar-refractivity contribution in [1.29, 1.82) is 0 Å². The molecule has 0 bridgehead atoms. The van der Waals surface area contributed by atoms with Gasteiger partial charge in [-0.2, -0.15) is 11.3 Å². The number of aryl methyl sites for hydroxylation is 1. The van der Waals surface area contributed by atoms with Crippen molar-refractivity contribution in [3.8, 4) is 0 Å². The van der Waals surface area contributed by atoms with Gasteiger partial charge in [0.2, 0.25) is 0 Å². The number of rotatable bonds is 4. The monoisotopic (exact) mass is 341 g/mol. The summed E-state index contributed by atoms with van der Waals surface area (Å²) >= 11 is 7.26. The maximum atomic E-state index is 12.0. The van der Waals surface area contributed by atoms with Crippen LogP contribution in [-0.2, 0) is 10.0 Å². The van der Waals surface area contributed by atoms with Crippen LogP contribution >= 0.6 is 22.9 Å². The second-order valence-electron chi connectivity index (χ2n) is 4.29. The van der Waals surface area contributed by atoms with Gasteiger partial charge in [-0.05, 0) is 59.2 Å². The Kier molecular flexibility index (Phi) is 4.82. The predicted octanol–water partition coefficient (Wildman–Crippen LogP) is 3.44. The summed E-state index contributed by atoms with van der Waals surface area (Å²) < 4.78 is 25.7. The van der Waals surface area contributed by atoms with Gasteiger partial charge in [0.05, 0.1) is 5.41 Å². The molecule has 2 rings (SSSR count). The zero-order valence-electron chi connectivity index (χ0n) is 11.0. The number of nitrogens with one attached hydrogen (secondary N) is 1. The summed E-state index contributed by atoms with van der Waals surface area (Å²) in [5.41, 5.74) is 1.64. The summed E-state index contributed by atoms with van der Waals surface area (Å²) in [6.07, 6.45) is 1.43. The molecular formula is C14H12ClNO3S2. The molecule has 4 nitrogen and oxygen atoms in total. The molecule has 1 N–H and O–H groups in total. The van der Waals surface area contributed by atoms with Crippen LogP contribution in [0.2, 0.25) is 5.02 Å². The fraction of sp³-hybridized carbons (Fsp3) is 0.0714. The highest BCUT2D eigenvalue weighted by Gasteiger charge is 2.15. The van der Waals surface area contributed by atoms with Crippen LogP contribution in [-0.4, -0.2) is 14.3 Å². The first-order valence-electron chi connectivity index (χ1n) is 5.91. The molecular weight excluding hydrogens is 330 g/mol. The molecule has 0 fully saturated rings. The van der Waals surface area contributed by atoms with E-state index in [1.165, 1.54) is 29.5 Å². The Morgan fingerprint density at radius 1 is 1.33 bits per heavy atom. The van der Waals surface area contributed by atoms with E-state index in [-0.39, 0.29) is 5.56 Å². The van der Waals surface area contributed by atoms with E-state index < -0.39 is 15.9 Å². The molecule has 1 aromatic carbocycles. The molecule has 0 radical (unpaired) electrons.